The van der Waals surface area contributed by atoms with Crippen LogP contribution in [0.1, 0.15) is 31.5 Å². The van der Waals surface area contributed by atoms with Crippen LogP contribution >= 0.6 is 12.4 Å². The van der Waals surface area contributed by atoms with Gasteiger partial charge in [-0.15, -0.1) is 12.4 Å². The van der Waals surface area contributed by atoms with Crippen LogP contribution < -0.4 is 11.3 Å². The molecule has 0 aliphatic heterocycles. The molecule has 0 saturated heterocycles. The Kier molecular flexibility index (Phi) is 4.69. The molecule has 4 rings (SSSR count). The van der Waals surface area contributed by atoms with Gasteiger partial charge in [0.15, 0.2) is 5.82 Å². The van der Waals surface area contributed by atoms with Crippen LogP contribution in [0.15, 0.2) is 51.8 Å². The fourth-order valence-corrected chi connectivity index (χ4v) is 3.04. The van der Waals surface area contributed by atoms with Crippen molar-refractivity contribution in [1.29, 1.82) is 0 Å². The normalized spacial score (nSPS) is 15.7. The summed E-state index contributed by atoms with van der Waals surface area (Å²) >= 11 is 0. The summed E-state index contributed by atoms with van der Waals surface area (Å²) in [5.41, 5.74) is 6.73. The SMILES string of the molecule is Cl.NC1(c2noc(-c3ccc(=O)n(-c4ccccc4)n3)n2)CCCC1. The van der Waals surface area contributed by atoms with Crippen LogP contribution in [0, 0.1) is 0 Å². The first kappa shape index (κ1) is 17.3. The summed E-state index contributed by atoms with van der Waals surface area (Å²) < 4.78 is 6.65. The monoisotopic (exact) mass is 359 g/mol. The molecule has 0 radical (unpaired) electrons. The van der Waals surface area contributed by atoms with Crippen molar-refractivity contribution in [3.05, 3.63) is 58.6 Å². The second kappa shape index (κ2) is 6.78. The topological polar surface area (TPSA) is 99.8 Å². The van der Waals surface area contributed by atoms with E-state index in [0.29, 0.717) is 17.2 Å². The third kappa shape index (κ3) is 3.20. The number of hydrogen-bond acceptors (Lipinski definition) is 6. The zero-order valence-corrected chi connectivity index (χ0v) is 14.3. The van der Waals surface area contributed by atoms with Gasteiger partial charge in [0.05, 0.1) is 11.2 Å². The van der Waals surface area contributed by atoms with E-state index >= 15 is 0 Å². The van der Waals surface area contributed by atoms with E-state index in [2.05, 4.69) is 15.2 Å². The van der Waals surface area contributed by atoms with Gasteiger partial charge in [-0.25, -0.2) is 0 Å². The summed E-state index contributed by atoms with van der Waals surface area (Å²) in [6.45, 7) is 0. The molecular weight excluding hydrogens is 342 g/mol. The smallest absolute Gasteiger partial charge is 0.278 e. The first-order valence-electron chi connectivity index (χ1n) is 7.95. The predicted molar refractivity (Wildman–Crippen MR) is 94.7 cm³/mol. The van der Waals surface area contributed by atoms with Gasteiger partial charge in [-0.05, 0) is 31.0 Å². The van der Waals surface area contributed by atoms with Crippen LogP contribution in [0.4, 0.5) is 0 Å². The Morgan fingerprint density at radius 3 is 2.52 bits per heavy atom. The second-order valence-corrected chi connectivity index (χ2v) is 6.09. The highest BCUT2D eigenvalue weighted by molar-refractivity contribution is 5.85. The lowest BCUT2D eigenvalue weighted by atomic mass is 9.99. The van der Waals surface area contributed by atoms with E-state index in [0.717, 1.165) is 25.7 Å². The number of nitrogens with zero attached hydrogens (tertiary/aromatic N) is 4. The van der Waals surface area contributed by atoms with Gasteiger partial charge in [0.1, 0.15) is 5.69 Å². The van der Waals surface area contributed by atoms with Crippen molar-refractivity contribution < 1.29 is 4.52 Å². The quantitative estimate of drug-likeness (QED) is 0.770. The van der Waals surface area contributed by atoms with Crippen LogP contribution in [-0.4, -0.2) is 19.9 Å². The number of hydrogen-bond donors (Lipinski definition) is 1. The predicted octanol–water partition coefficient (Wildman–Crippen LogP) is 2.43. The highest BCUT2D eigenvalue weighted by Crippen LogP contribution is 2.35. The third-order valence-corrected chi connectivity index (χ3v) is 4.39. The Morgan fingerprint density at radius 2 is 1.80 bits per heavy atom. The maximum atomic E-state index is 12.1. The van der Waals surface area contributed by atoms with Gasteiger partial charge >= 0.3 is 0 Å². The Labute approximate surface area is 150 Å². The number of halogens is 1. The van der Waals surface area contributed by atoms with E-state index < -0.39 is 5.54 Å². The minimum atomic E-state index is -0.518. The van der Waals surface area contributed by atoms with Gasteiger partial charge in [-0.2, -0.15) is 14.8 Å². The molecule has 25 heavy (non-hydrogen) atoms. The summed E-state index contributed by atoms with van der Waals surface area (Å²) in [5.74, 6) is 0.778. The van der Waals surface area contributed by atoms with Crippen LogP contribution in [0.25, 0.3) is 17.3 Å². The standard InChI is InChI=1S/C17H17N5O2.ClH/c18-17(10-4-5-11-17)16-19-15(24-21-16)13-8-9-14(23)22(20-13)12-6-2-1-3-7-12;/h1-3,6-9H,4-5,10-11,18H2;1H. The van der Waals surface area contributed by atoms with E-state index in [1.807, 2.05) is 30.3 Å². The molecule has 2 heterocycles. The van der Waals surface area contributed by atoms with Gasteiger partial charge < -0.3 is 10.3 Å². The van der Waals surface area contributed by atoms with Crippen LogP contribution in [-0.2, 0) is 5.54 Å². The van der Waals surface area contributed by atoms with Crippen molar-refractivity contribution in [2.75, 3.05) is 0 Å². The number of nitrogens with two attached hydrogens (primary N) is 1. The van der Waals surface area contributed by atoms with Gasteiger partial charge in [-0.3, -0.25) is 4.79 Å². The number of aromatic nitrogens is 4. The van der Waals surface area contributed by atoms with Crippen molar-refractivity contribution in [3.8, 4) is 17.3 Å². The minimum absolute atomic E-state index is 0. The lowest BCUT2D eigenvalue weighted by Crippen LogP contribution is -2.34. The molecule has 1 aromatic carbocycles. The molecule has 0 spiro atoms. The fourth-order valence-electron chi connectivity index (χ4n) is 3.04. The highest BCUT2D eigenvalue weighted by atomic mass is 35.5. The van der Waals surface area contributed by atoms with E-state index in [9.17, 15) is 4.79 Å². The highest BCUT2D eigenvalue weighted by Gasteiger charge is 2.36. The van der Waals surface area contributed by atoms with E-state index in [4.69, 9.17) is 10.3 Å². The lowest BCUT2D eigenvalue weighted by Gasteiger charge is -2.17. The molecule has 2 aromatic heterocycles. The molecule has 3 aromatic rings. The number of rotatable bonds is 3. The summed E-state index contributed by atoms with van der Waals surface area (Å²) in [4.78, 5) is 16.5. The number of benzene rings is 1. The van der Waals surface area contributed by atoms with Gasteiger partial charge in [-0.1, -0.05) is 36.2 Å². The van der Waals surface area contributed by atoms with Crippen molar-refractivity contribution in [1.82, 2.24) is 19.9 Å². The van der Waals surface area contributed by atoms with Crippen LogP contribution in [0.2, 0.25) is 0 Å². The molecule has 130 valence electrons. The summed E-state index contributed by atoms with van der Waals surface area (Å²) in [6.07, 6.45) is 3.83. The Balaban J connectivity index is 0.00000182. The Hall–Kier alpha value is -2.51. The molecule has 0 bridgehead atoms. The molecule has 1 aliphatic rings. The minimum Gasteiger partial charge on any atom is -0.332 e. The molecule has 8 heteroatoms. The Bertz CT molecular complexity index is 916. The Morgan fingerprint density at radius 1 is 1.08 bits per heavy atom. The van der Waals surface area contributed by atoms with Gasteiger partial charge in [0.25, 0.3) is 11.4 Å². The second-order valence-electron chi connectivity index (χ2n) is 6.09. The molecule has 0 unspecified atom stereocenters. The first-order chi connectivity index (χ1) is 11.7. The molecule has 1 saturated carbocycles. The first-order valence-corrected chi connectivity index (χ1v) is 7.95. The third-order valence-electron chi connectivity index (χ3n) is 4.39. The van der Waals surface area contributed by atoms with Gasteiger partial charge in [0, 0.05) is 6.07 Å². The van der Waals surface area contributed by atoms with Crippen molar-refractivity contribution in [2.24, 2.45) is 5.73 Å². The average molecular weight is 360 g/mol. The molecule has 7 nitrogen and oxygen atoms in total. The van der Waals surface area contributed by atoms with Crippen molar-refractivity contribution >= 4 is 12.4 Å². The van der Waals surface area contributed by atoms with E-state index in [1.165, 1.54) is 10.7 Å². The summed E-state index contributed by atoms with van der Waals surface area (Å²) in [5, 5.41) is 8.38. The van der Waals surface area contributed by atoms with E-state index in [1.54, 1.807) is 6.07 Å². The molecular formula is C17H18ClN5O2. The molecule has 0 atom stereocenters. The zero-order chi connectivity index (χ0) is 16.6. The van der Waals surface area contributed by atoms with Crippen LogP contribution in [0.5, 0.6) is 0 Å². The summed E-state index contributed by atoms with van der Waals surface area (Å²) in [7, 11) is 0. The maximum Gasteiger partial charge on any atom is 0.278 e. The molecule has 2 N–H and O–H groups in total. The van der Waals surface area contributed by atoms with Gasteiger partial charge in [0.2, 0.25) is 0 Å². The van der Waals surface area contributed by atoms with Crippen molar-refractivity contribution in [3.63, 3.8) is 0 Å². The molecule has 0 amide bonds. The number of para-hydroxylation sites is 1. The average Bonchev–Trinajstić information content (AvgIpc) is 3.26. The largest absolute Gasteiger partial charge is 0.332 e. The molecule has 1 aliphatic carbocycles. The molecule has 1 fully saturated rings. The summed E-state index contributed by atoms with van der Waals surface area (Å²) in [6, 6.07) is 12.2. The fraction of sp³-hybridized carbons (Fsp3) is 0.294. The van der Waals surface area contributed by atoms with Crippen molar-refractivity contribution in [2.45, 2.75) is 31.2 Å². The zero-order valence-electron chi connectivity index (χ0n) is 13.5. The van der Waals surface area contributed by atoms with Crippen LogP contribution in [0.3, 0.4) is 0 Å². The van der Waals surface area contributed by atoms with E-state index in [-0.39, 0.29) is 23.9 Å². The maximum absolute atomic E-state index is 12.1. The lowest BCUT2D eigenvalue weighted by molar-refractivity contribution is 0.372.